The van der Waals surface area contributed by atoms with Gasteiger partial charge in [-0.25, -0.2) is 0 Å². The van der Waals surface area contributed by atoms with E-state index in [0.29, 0.717) is 16.7 Å². The van der Waals surface area contributed by atoms with Gasteiger partial charge in [0.05, 0.1) is 0 Å². The van der Waals surface area contributed by atoms with Gasteiger partial charge in [0.1, 0.15) is 5.92 Å². The Morgan fingerprint density at radius 3 is 2.09 bits per heavy atom. The molecule has 0 spiro atoms. The van der Waals surface area contributed by atoms with Crippen molar-refractivity contribution in [3.8, 4) is 11.5 Å². The van der Waals surface area contributed by atoms with Crippen LogP contribution in [0.3, 0.4) is 0 Å². The first-order valence-electron chi connectivity index (χ1n) is 6.53. The molecule has 0 unspecified atom stereocenters. The fraction of sp³-hybridized carbons (Fsp3) is 0.125. The van der Waals surface area contributed by atoms with Crippen molar-refractivity contribution in [1.29, 1.82) is 0 Å². The molecule has 0 saturated carbocycles. The lowest BCUT2D eigenvalue weighted by molar-refractivity contribution is -0.286. The van der Waals surface area contributed by atoms with Crippen LogP contribution in [0.25, 0.3) is 0 Å². The standard InChI is InChI=1S/C16H8F2O4/c17-16(18)21-11-6-5-8(7-12(11)22-16)13-14(19)9-3-1-2-4-10(9)15(13)20/h1-7,13H. The number of alkyl halides is 2. The molecule has 0 N–H and O–H groups in total. The summed E-state index contributed by atoms with van der Waals surface area (Å²) in [7, 11) is 0. The number of carbonyl (C=O) groups excluding carboxylic acids is 2. The van der Waals surface area contributed by atoms with Crippen molar-refractivity contribution >= 4 is 11.6 Å². The summed E-state index contributed by atoms with van der Waals surface area (Å²) in [5, 5.41) is 0. The number of Topliss-reactive ketones (excluding diaryl/α,β-unsaturated/α-hetero) is 2. The molecular formula is C16H8F2O4. The Kier molecular flexibility index (Phi) is 2.43. The second kappa shape index (κ2) is 4.13. The molecule has 22 heavy (non-hydrogen) atoms. The topological polar surface area (TPSA) is 52.6 Å². The Bertz CT molecular complexity index is 794. The zero-order valence-electron chi connectivity index (χ0n) is 11.0. The third kappa shape index (κ3) is 1.73. The molecule has 1 aliphatic carbocycles. The van der Waals surface area contributed by atoms with E-state index >= 15 is 0 Å². The van der Waals surface area contributed by atoms with Crippen molar-refractivity contribution < 1.29 is 27.8 Å². The molecule has 0 fully saturated rings. The number of halogens is 2. The highest BCUT2D eigenvalue weighted by molar-refractivity contribution is 6.29. The van der Waals surface area contributed by atoms with Crippen molar-refractivity contribution in [2.24, 2.45) is 0 Å². The average Bonchev–Trinajstić information content (AvgIpc) is 2.92. The zero-order valence-corrected chi connectivity index (χ0v) is 11.0. The van der Waals surface area contributed by atoms with Crippen LogP contribution in [0.5, 0.6) is 11.5 Å². The maximum atomic E-state index is 13.0. The summed E-state index contributed by atoms with van der Waals surface area (Å²) in [5.74, 6) is -2.01. The van der Waals surface area contributed by atoms with E-state index in [2.05, 4.69) is 9.47 Å². The molecule has 2 aromatic carbocycles. The highest BCUT2D eigenvalue weighted by Crippen LogP contribution is 2.44. The van der Waals surface area contributed by atoms with Gasteiger partial charge in [-0.3, -0.25) is 9.59 Å². The lowest BCUT2D eigenvalue weighted by Gasteiger charge is -2.08. The summed E-state index contributed by atoms with van der Waals surface area (Å²) >= 11 is 0. The third-order valence-electron chi connectivity index (χ3n) is 3.74. The van der Waals surface area contributed by atoms with Gasteiger partial charge in [-0.05, 0) is 17.7 Å². The molecule has 0 aromatic heterocycles. The average molecular weight is 302 g/mol. The monoisotopic (exact) mass is 302 g/mol. The van der Waals surface area contributed by atoms with Crippen LogP contribution >= 0.6 is 0 Å². The van der Waals surface area contributed by atoms with Crippen molar-refractivity contribution in [1.82, 2.24) is 0 Å². The maximum absolute atomic E-state index is 13.0. The number of hydrogen-bond donors (Lipinski definition) is 0. The molecule has 0 bridgehead atoms. The van der Waals surface area contributed by atoms with Crippen LogP contribution in [-0.4, -0.2) is 17.9 Å². The van der Waals surface area contributed by atoms with E-state index in [1.54, 1.807) is 24.3 Å². The van der Waals surface area contributed by atoms with Crippen LogP contribution in [0.1, 0.15) is 32.2 Å². The smallest absolute Gasteiger partial charge is 0.395 e. The predicted molar refractivity (Wildman–Crippen MR) is 70.5 cm³/mol. The first kappa shape index (κ1) is 12.9. The molecule has 0 amide bonds. The summed E-state index contributed by atoms with van der Waals surface area (Å²) < 4.78 is 34.7. The molecule has 6 heteroatoms. The van der Waals surface area contributed by atoms with Crippen molar-refractivity contribution in [2.75, 3.05) is 0 Å². The summed E-state index contributed by atoms with van der Waals surface area (Å²) in [6.45, 7) is 0. The molecule has 0 saturated heterocycles. The van der Waals surface area contributed by atoms with E-state index in [1.165, 1.54) is 18.2 Å². The molecule has 4 rings (SSSR count). The normalized spacial score (nSPS) is 18.6. The molecule has 2 aromatic rings. The SMILES string of the molecule is O=C1c2ccccc2C(=O)C1c1ccc2c(c1)OC(F)(F)O2. The van der Waals surface area contributed by atoms with Crippen LogP contribution in [0, 0.1) is 0 Å². The molecule has 1 heterocycles. The van der Waals surface area contributed by atoms with E-state index < -0.39 is 12.2 Å². The second-order valence-electron chi connectivity index (χ2n) is 5.08. The number of fused-ring (bicyclic) bond motifs is 2. The minimum absolute atomic E-state index is 0.121. The fourth-order valence-corrected chi connectivity index (χ4v) is 2.79. The number of ether oxygens (including phenoxy) is 2. The summed E-state index contributed by atoms with van der Waals surface area (Å²) in [6, 6.07) is 10.5. The highest BCUT2D eigenvalue weighted by Gasteiger charge is 2.45. The minimum Gasteiger partial charge on any atom is -0.395 e. The quantitative estimate of drug-likeness (QED) is 0.759. The second-order valence-corrected chi connectivity index (χ2v) is 5.08. The van der Waals surface area contributed by atoms with Crippen molar-refractivity contribution in [2.45, 2.75) is 12.2 Å². The number of hydrogen-bond acceptors (Lipinski definition) is 4. The molecule has 2 aliphatic rings. The summed E-state index contributed by atoms with van der Waals surface area (Å²) in [6.07, 6.45) is -3.73. The van der Waals surface area contributed by atoms with Gasteiger partial charge in [-0.2, -0.15) is 0 Å². The fourth-order valence-electron chi connectivity index (χ4n) is 2.79. The molecule has 110 valence electrons. The Labute approximate surface area is 123 Å². The van der Waals surface area contributed by atoms with Gasteiger partial charge in [-0.15, -0.1) is 8.78 Å². The van der Waals surface area contributed by atoms with E-state index in [9.17, 15) is 18.4 Å². The van der Waals surface area contributed by atoms with Crippen LogP contribution in [0.2, 0.25) is 0 Å². The number of ketones is 2. The number of benzene rings is 2. The Morgan fingerprint density at radius 2 is 1.45 bits per heavy atom. The van der Waals surface area contributed by atoms with Gasteiger partial charge in [0.25, 0.3) is 0 Å². The van der Waals surface area contributed by atoms with Gasteiger partial charge >= 0.3 is 6.29 Å². The zero-order chi connectivity index (χ0) is 15.5. The number of rotatable bonds is 1. The van der Waals surface area contributed by atoms with Gasteiger partial charge < -0.3 is 9.47 Å². The summed E-state index contributed by atoms with van der Waals surface area (Å²) in [5.41, 5.74) is 1.01. The Balaban J connectivity index is 1.76. The lowest BCUT2D eigenvalue weighted by Crippen LogP contribution is -2.25. The Hall–Kier alpha value is -2.76. The molecular weight excluding hydrogens is 294 g/mol. The van der Waals surface area contributed by atoms with Gasteiger partial charge in [0.2, 0.25) is 0 Å². The summed E-state index contributed by atoms with van der Waals surface area (Å²) in [4.78, 5) is 24.8. The molecule has 0 atom stereocenters. The van der Waals surface area contributed by atoms with E-state index in [4.69, 9.17) is 0 Å². The first-order valence-corrected chi connectivity index (χ1v) is 6.53. The van der Waals surface area contributed by atoms with Crippen molar-refractivity contribution in [3.05, 3.63) is 59.2 Å². The molecule has 4 nitrogen and oxygen atoms in total. The molecule has 0 radical (unpaired) electrons. The third-order valence-corrected chi connectivity index (χ3v) is 3.74. The molecule has 1 aliphatic heterocycles. The van der Waals surface area contributed by atoms with Gasteiger partial charge in [0.15, 0.2) is 23.1 Å². The highest BCUT2D eigenvalue weighted by atomic mass is 19.3. The lowest BCUT2D eigenvalue weighted by atomic mass is 9.94. The van der Waals surface area contributed by atoms with Crippen LogP contribution < -0.4 is 9.47 Å². The maximum Gasteiger partial charge on any atom is 0.586 e. The van der Waals surface area contributed by atoms with Crippen molar-refractivity contribution in [3.63, 3.8) is 0 Å². The Morgan fingerprint density at radius 1 is 0.864 bits per heavy atom. The van der Waals surface area contributed by atoms with Gasteiger partial charge in [-0.1, -0.05) is 30.3 Å². The van der Waals surface area contributed by atoms with E-state index in [1.807, 2.05) is 0 Å². The largest absolute Gasteiger partial charge is 0.586 e. The van der Waals surface area contributed by atoms with Crippen LogP contribution in [0.4, 0.5) is 8.78 Å². The number of carbonyl (C=O) groups is 2. The predicted octanol–water partition coefficient (Wildman–Crippen LogP) is 3.17. The van der Waals surface area contributed by atoms with Gasteiger partial charge in [0, 0.05) is 11.1 Å². The van der Waals surface area contributed by atoms with E-state index in [-0.39, 0.29) is 23.1 Å². The van der Waals surface area contributed by atoms with Crippen LogP contribution in [0.15, 0.2) is 42.5 Å². The van der Waals surface area contributed by atoms with Crippen LogP contribution in [-0.2, 0) is 0 Å². The minimum atomic E-state index is -3.73. The van der Waals surface area contributed by atoms with E-state index in [0.717, 1.165) is 0 Å². The first-order chi connectivity index (χ1) is 10.5.